The lowest BCUT2D eigenvalue weighted by atomic mass is 9.94. The molecule has 0 spiro atoms. The number of halogens is 2. The molecule has 4 aliphatic rings. The summed E-state index contributed by atoms with van der Waals surface area (Å²) in [6.45, 7) is 5.62. The van der Waals surface area contributed by atoms with Crippen LogP contribution >= 0.6 is 15.9 Å². The third-order valence-corrected chi connectivity index (χ3v) is 6.62. The molecule has 1 aromatic rings. The number of aliphatic imine (C=N–C) groups is 2. The van der Waals surface area contributed by atoms with Crippen molar-refractivity contribution >= 4 is 33.8 Å². The first kappa shape index (κ1) is 20.7. The van der Waals surface area contributed by atoms with E-state index in [0.717, 1.165) is 49.8 Å². The fourth-order valence-electron chi connectivity index (χ4n) is 4.19. The number of amidine groups is 1. The van der Waals surface area contributed by atoms with Gasteiger partial charge in [0.25, 0.3) is 0 Å². The molecule has 7 nitrogen and oxygen atoms in total. The summed E-state index contributed by atoms with van der Waals surface area (Å²) >= 11 is 3.23. The molecule has 0 saturated carbocycles. The van der Waals surface area contributed by atoms with Gasteiger partial charge in [0.05, 0.1) is 16.2 Å². The van der Waals surface area contributed by atoms with Crippen molar-refractivity contribution in [1.29, 1.82) is 0 Å². The van der Waals surface area contributed by atoms with Gasteiger partial charge in [-0.25, -0.2) is 9.38 Å². The van der Waals surface area contributed by atoms with Gasteiger partial charge in [0, 0.05) is 44.7 Å². The Morgan fingerprint density at radius 1 is 1.26 bits per heavy atom. The number of nitrogens with one attached hydrogen (secondary N) is 1. The molecule has 1 saturated heterocycles. The Morgan fingerprint density at radius 2 is 2.10 bits per heavy atom. The summed E-state index contributed by atoms with van der Waals surface area (Å²) in [5, 5.41) is 3.12. The molecule has 1 fully saturated rings. The molecule has 0 aromatic heterocycles. The second-order valence-electron chi connectivity index (χ2n) is 8.23. The molecule has 1 unspecified atom stereocenters. The third-order valence-electron chi connectivity index (χ3n) is 6.01. The quantitative estimate of drug-likeness (QED) is 0.706. The Labute approximate surface area is 189 Å². The van der Waals surface area contributed by atoms with Crippen molar-refractivity contribution in [1.82, 2.24) is 9.80 Å². The third kappa shape index (κ3) is 4.40. The molecular weight excluding hydrogens is 465 g/mol. The number of benzene rings is 1. The van der Waals surface area contributed by atoms with Crippen molar-refractivity contribution in [3.05, 3.63) is 51.7 Å². The molecule has 1 N–H and O–H groups in total. The Morgan fingerprint density at radius 3 is 2.94 bits per heavy atom. The fraction of sp³-hybridized carbons (Fsp3) is 0.455. The summed E-state index contributed by atoms with van der Waals surface area (Å²) < 4.78 is 27.3. The zero-order valence-electron chi connectivity index (χ0n) is 17.4. The van der Waals surface area contributed by atoms with Crippen molar-refractivity contribution in [3.8, 4) is 0 Å². The highest BCUT2D eigenvalue weighted by molar-refractivity contribution is 9.10. The van der Waals surface area contributed by atoms with Gasteiger partial charge < -0.3 is 19.7 Å². The van der Waals surface area contributed by atoms with Crippen LogP contribution in [0, 0.1) is 5.82 Å². The Bertz CT molecular complexity index is 984. The Kier molecular flexibility index (Phi) is 5.81. The predicted octanol–water partition coefficient (Wildman–Crippen LogP) is 3.01. The second kappa shape index (κ2) is 8.72. The van der Waals surface area contributed by atoms with Gasteiger partial charge in [-0.15, -0.1) is 0 Å². The summed E-state index contributed by atoms with van der Waals surface area (Å²) in [7, 11) is 2.15. The number of allylic oxidation sites excluding steroid dienone is 1. The van der Waals surface area contributed by atoms with Gasteiger partial charge in [-0.1, -0.05) is 6.07 Å². The minimum Gasteiger partial charge on any atom is -0.490 e. The van der Waals surface area contributed by atoms with Crippen molar-refractivity contribution in [3.63, 3.8) is 0 Å². The van der Waals surface area contributed by atoms with Gasteiger partial charge in [0.1, 0.15) is 30.6 Å². The van der Waals surface area contributed by atoms with Crippen LogP contribution in [0.1, 0.15) is 6.42 Å². The van der Waals surface area contributed by atoms with Gasteiger partial charge >= 0.3 is 0 Å². The molecule has 1 aliphatic carbocycles. The maximum absolute atomic E-state index is 14.5. The first-order valence-corrected chi connectivity index (χ1v) is 11.3. The number of hydrogen-bond acceptors (Lipinski definition) is 7. The SMILES string of the molecule is CN1CCN(C[C@H]2COC3=C(C=C4C(Nc5cccc(Br)c5F)=NC=NC4C3)O2)CC1. The largest absolute Gasteiger partial charge is 0.490 e. The summed E-state index contributed by atoms with van der Waals surface area (Å²) in [4.78, 5) is 13.6. The van der Waals surface area contributed by atoms with Gasteiger partial charge in [-0.2, -0.15) is 0 Å². The average Bonchev–Trinajstić information content (AvgIpc) is 2.77. The summed E-state index contributed by atoms with van der Waals surface area (Å²) in [5.74, 6) is 1.78. The zero-order valence-corrected chi connectivity index (χ0v) is 18.9. The van der Waals surface area contributed by atoms with E-state index in [9.17, 15) is 4.39 Å². The zero-order chi connectivity index (χ0) is 21.4. The molecule has 0 amide bonds. The van der Waals surface area contributed by atoms with E-state index in [4.69, 9.17) is 9.47 Å². The van der Waals surface area contributed by atoms with Crippen LogP contribution in [0.5, 0.6) is 0 Å². The molecule has 31 heavy (non-hydrogen) atoms. The number of ether oxygens (including phenoxy) is 2. The lowest BCUT2D eigenvalue weighted by Gasteiger charge is -2.37. The van der Waals surface area contributed by atoms with Crippen molar-refractivity contribution in [2.75, 3.05) is 51.7 Å². The molecular formula is C22H25BrFN5O2. The molecule has 0 radical (unpaired) electrons. The van der Waals surface area contributed by atoms with Crippen molar-refractivity contribution in [2.24, 2.45) is 9.98 Å². The fourth-order valence-corrected chi connectivity index (χ4v) is 4.55. The van der Waals surface area contributed by atoms with Crippen LogP contribution < -0.4 is 5.32 Å². The Balaban J connectivity index is 1.31. The Hall–Kier alpha value is -2.23. The van der Waals surface area contributed by atoms with Gasteiger partial charge in [-0.05, 0) is 41.2 Å². The molecule has 1 aromatic carbocycles. The average molecular weight is 490 g/mol. The van der Waals surface area contributed by atoms with E-state index in [1.165, 1.54) is 6.34 Å². The number of piperazine rings is 1. The van der Waals surface area contributed by atoms with E-state index in [0.29, 0.717) is 29.0 Å². The van der Waals surface area contributed by atoms with Crippen LogP contribution in [0.15, 0.2) is 55.8 Å². The number of hydrogen-bond donors (Lipinski definition) is 1. The molecule has 164 valence electrons. The van der Waals surface area contributed by atoms with Gasteiger partial charge in [0.2, 0.25) is 0 Å². The maximum atomic E-state index is 14.5. The highest BCUT2D eigenvalue weighted by Crippen LogP contribution is 2.34. The number of rotatable bonds is 3. The van der Waals surface area contributed by atoms with E-state index in [1.807, 2.05) is 6.08 Å². The molecule has 3 heterocycles. The van der Waals surface area contributed by atoms with Gasteiger partial charge in [-0.3, -0.25) is 9.89 Å². The van der Waals surface area contributed by atoms with Crippen molar-refractivity contribution < 1.29 is 13.9 Å². The normalized spacial score (nSPS) is 26.3. The number of likely N-dealkylation sites (N-methyl/N-ethyl adjacent to an activating group) is 1. The van der Waals surface area contributed by atoms with E-state index in [1.54, 1.807) is 18.2 Å². The standard InChI is InChI=1S/C22H25BrFN5O2/c1-28-5-7-29(8-6-28)11-14-12-30-19-10-18-15(9-20(19)31-14)22(26-13-25-18)27-17-4-2-3-16(23)21(17)24/h2-4,9,13-14,18H,5-8,10-12H2,1H3,(H,25,26,27)/t14-,18?/m0/s1. The van der Waals surface area contributed by atoms with Crippen LogP contribution in [0.25, 0.3) is 0 Å². The smallest absolute Gasteiger partial charge is 0.160 e. The summed E-state index contributed by atoms with van der Waals surface area (Å²) in [6.07, 6.45) is 4.06. The summed E-state index contributed by atoms with van der Waals surface area (Å²) in [5.41, 5.74) is 1.24. The minimum atomic E-state index is -0.356. The lowest BCUT2D eigenvalue weighted by molar-refractivity contribution is -0.0252. The molecule has 9 heteroatoms. The highest BCUT2D eigenvalue weighted by Gasteiger charge is 2.34. The van der Waals surface area contributed by atoms with Crippen LogP contribution in [-0.4, -0.2) is 80.5 Å². The van der Waals surface area contributed by atoms with E-state index >= 15 is 0 Å². The van der Waals surface area contributed by atoms with Crippen LogP contribution in [0.4, 0.5) is 10.1 Å². The molecule has 5 rings (SSSR count). The lowest BCUT2D eigenvalue weighted by Crippen LogP contribution is -2.48. The maximum Gasteiger partial charge on any atom is 0.160 e. The molecule has 2 atom stereocenters. The van der Waals surface area contributed by atoms with E-state index in [-0.39, 0.29) is 18.0 Å². The van der Waals surface area contributed by atoms with E-state index < -0.39 is 0 Å². The highest BCUT2D eigenvalue weighted by atomic mass is 79.9. The van der Waals surface area contributed by atoms with Gasteiger partial charge in [0.15, 0.2) is 11.6 Å². The first-order chi connectivity index (χ1) is 15.1. The molecule has 0 bridgehead atoms. The topological polar surface area (TPSA) is 61.7 Å². The number of anilines is 1. The monoisotopic (exact) mass is 489 g/mol. The van der Waals surface area contributed by atoms with Crippen LogP contribution in [0.3, 0.4) is 0 Å². The summed E-state index contributed by atoms with van der Waals surface area (Å²) in [6, 6.07) is 5.01. The van der Waals surface area contributed by atoms with Crippen LogP contribution in [0.2, 0.25) is 0 Å². The number of nitrogens with zero attached hydrogens (tertiary/aromatic N) is 4. The number of fused-ring (bicyclic) bond motifs is 1. The van der Waals surface area contributed by atoms with E-state index in [2.05, 4.69) is 48.1 Å². The second-order valence-corrected chi connectivity index (χ2v) is 9.08. The van der Waals surface area contributed by atoms with Crippen LogP contribution in [-0.2, 0) is 9.47 Å². The molecule has 3 aliphatic heterocycles. The van der Waals surface area contributed by atoms with Crippen molar-refractivity contribution in [2.45, 2.75) is 18.6 Å². The predicted molar refractivity (Wildman–Crippen MR) is 122 cm³/mol. The first-order valence-electron chi connectivity index (χ1n) is 10.5. The minimum absolute atomic E-state index is 0.0153.